The second-order valence-electron chi connectivity index (χ2n) is 8.37. The number of nitrogens with zero attached hydrogens (tertiary/aromatic N) is 1. The molecular formula is C28H25NO. The number of benzene rings is 3. The molecule has 0 N–H and O–H groups in total. The van der Waals surface area contributed by atoms with E-state index in [1.165, 1.54) is 16.7 Å². The second-order valence-corrected chi connectivity index (χ2v) is 8.37. The normalized spacial score (nSPS) is 12.7. The number of para-hydroxylation sites is 1. The summed E-state index contributed by atoms with van der Waals surface area (Å²) in [4.78, 5) is 4.68. The molecule has 3 aromatic carbocycles. The van der Waals surface area contributed by atoms with Crippen molar-refractivity contribution in [3.8, 4) is 22.4 Å². The first-order chi connectivity index (χ1) is 14.6. The van der Waals surface area contributed by atoms with Crippen LogP contribution in [0.15, 0.2) is 89.5 Å². The van der Waals surface area contributed by atoms with Crippen molar-refractivity contribution >= 4 is 21.9 Å². The van der Waals surface area contributed by atoms with Gasteiger partial charge in [-0.2, -0.15) is 0 Å². The van der Waals surface area contributed by atoms with Gasteiger partial charge in [0.1, 0.15) is 11.2 Å². The minimum atomic E-state index is 0.482. The lowest BCUT2D eigenvalue weighted by Gasteiger charge is -2.16. The zero-order chi connectivity index (χ0) is 20.7. The first-order valence-electron chi connectivity index (χ1n) is 10.6. The number of hydrogen-bond acceptors (Lipinski definition) is 2. The van der Waals surface area contributed by atoms with Crippen molar-refractivity contribution in [2.24, 2.45) is 5.92 Å². The molecule has 0 bridgehead atoms. The van der Waals surface area contributed by atoms with E-state index in [9.17, 15) is 0 Å². The molecule has 2 heteroatoms. The molecular weight excluding hydrogens is 366 g/mol. The Morgan fingerprint density at radius 2 is 1.57 bits per heavy atom. The zero-order valence-electron chi connectivity index (χ0n) is 17.6. The van der Waals surface area contributed by atoms with Crippen LogP contribution < -0.4 is 0 Å². The monoisotopic (exact) mass is 391 g/mol. The van der Waals surface area contributed by atoms with E-state index in [1.807, 2.05) is 12.3 Å². The minimum absolute atomic E-state index is 0.482. The topological polar surface area (TPSA) is 26.0 Å². The van der Waals surface area contributed by atoms with Gasteiger partial charge in [0.2, 0.25) is 0 Å². The summed E-state index contributed by atoms with van der Waals surface area (Å²) in [6.07, 6.45) is 1.92. The molecule has 2 heterocycles. The molecule has 0 aliphatic heterocycles. The van der Waals surface area contributed by atoms with Crippen molar-refractivity contribution in [1.82, 2.24) is 4.98 Å². The van der Waals surface area contributed by atoms with E-state index in [0.717, 1.165) is 33.2 Å². The summed E-state index contributed by atoms with van der Waals surface area (Å²) in [5.41, 5.74) is 7.54. The molecule has 0 saturated heterocycles. The molecule has 2 aromatic heterocycles. The molecule has 0 radical (unpaired) electrons. The van der Waals surface area contributed by atoms with Gasteiger partial charge in [0, 0.05) is 22.5 Å². The minimum Gasteiger partial charge on any atom is -0.455 e. The first kappa shape index (κ1) is 18.6. The van der Waals surface area contributed by atoms with E-state index < -0.39 is 0 Å². The third-order valence-electron chi connectivity index (χ3n) is 6.19. The van der Waals surface area contributed by atoms with Gasteiger partial charge in [0.05, 0.1) is 5.69 Å². The molecule has 0 saturated carbocycles. The molecule has 5 rings (SSSR count). The Hall–Kier alpha value is -3.39. The highest BCUT2D eigenvalue weighted by Gasteiger charge is 2.16. The van der Waals surface area contributed by atoms with Gasteiger partial charge in [-0.3, -0.25) is 4.98 Å². The van der Waals surface area contributed by atoms with Crippen LogP contribution in [0, 0.1) is 5.92 Å². The van der Waals surface area contributed by atoms with Gasteiger partial charge >= 0.3 is 0 Å². The van der Waals surface area contributed by atoms with Crippen LogP contribution in [-0.4, -0.2) is 4.98 Å². The number of aromatic nitrogens is 1. The lowest BCUT2D eigenvalue weighted by Crippen LogP contribution is -2.02. The number of fused-ring (bicyclic) bond motifs is 3. The van der Waals surface area contributed by atoms with E-state index in [1.54, 1.807) is 0 Å². The van der Waals surface area contributed by atoms with Gasteiger partial charge in [0.25, 0.3) is 0 Å². The summed E-state index contributed by atoms with van der Waals surface area (Å²) in [7, 11) is 0. The molecule has 0 spiro atoms. The van der Waals surface area contributed by atoms with Crippen LogP contribution >= 0.6 is 0 Å². The van der Waals surface area contributed by atoms with E-state index in [-0.39, 0.29) is 0 Å². The Bertz CT molecular complexity index is 1330. The summed E-state index contributed by atoms with van der Waals surface area (Å²) in [6.45, 7) is 6.79. The molecule has 0 aliphatic carbocycles. The summed E-state index contributed by atoms with van der Waals surface area (Å²) in [5, 5.41) is 2.27. The number of pyridine rings is 1. The average molecular weight is 392 g/mol. The summed E-state index contributed by atoms with van der Waals surface area (Å²) in [6, 6.07) is 27.6. The Morgan fingerprint density at radius 1 is 0.733 bits per heavy atom. The van der Waals surface area contributed by atoms with Crippen LogP contribution in [0.3, 0.4) is 0 Å². The molecule has 0 aliphatic rings. The van der Waals surface area contributed by atoms with Crippen molar-refractivity contribution in [1.29, 1.82) is 0 Å². The fourth-order valence-electron chi connectivity index (χ4n) is 4.07. The maximum Gasteiger partial charge on any atom is 0.144 e. The van der Waals surface area contributed by atoms with E-state index in [4.69, 9.17) is 4.42 Å². The lowest BCUT2D eigenvalue weighted by atomic mass is 9.90. The smallest absolute Gasteiger partial charge is 0.144 e. The molecule has 148 valence electrons. The Balaban J connectivity index is 1.67. The highest BCUT2D eigenvalue weighted by molar-refractivity contribution is 6.10. The predicted octanol–water partition coefficient (Wildman–Crippen LogP) is 8.07. The van der Waals surface area contributed by atoms with Crippen LogP contribution in [0.4, 0.5) is 0 Å². The predicted molar refractivity (Wildman–Crippen MR) is 126 cm³/mol. The van der Waals surface area contributed by atoms with Crippen LogP contribution in [0.25, 0.3) is 44.3 Å². The zero-order valence-corrected chi connectivity index (χ0v) is 17.6. The third-order valence-corrected chi connectivity index (χ3v) is 6.19. The molecule has 2 nitrogen and oxygen atoms in total. The molecule has 30 heavy (non-hydrogen) atoms. The Morgan fingerprint density at radius 3 is 2.37 bits per heavy atom. The van der Waals surface area contributed by atoms with Crippen molar-refractivity contribution < 1.29 is 4.42 Å². The number of hydrogen-bond donors (Lipinski definition) is 0. The quantitative estimate of drug-likeness (QED) is 0.309. The fourth-order valence-corrected chi connectivity index (χ4v) is 4.07. The fraction of sp³-hybridized carbons (Fsp3) is 0.179. The van der Waals surface area contributed by atoms with Crippen LogP contribution in [0.2, 0.25) is 0 Å². The van der Waals surface area contributed by atoms with Crippen LogP contribution in [-0.2, 0) is 0 Å². The van der Waals surface area contributed by atoms with Crippen LogP contribution in [0.1, 0.15) is 32.3 Å². The molecule has 1 unspecified atom stereocenters. The first-order valence-corrected chi connectivity index (χ1v) is 10.6. The summed E-state index contributed by atoms with van der Waals surface area (Å²) >= 11 is 0. The van der Waals surface area contributed by atoms with Crippen molar-refractivity contribution in [3.05, 3.63) is 90.6 Å². The van der Waals surface area contributed by atoms with Crippen molar-refractivity contribution in [2.75, 3.05) is 0 Å². The maximum absolute atomic E-state index is 6.34. The lowest BCUT2D eigenvalue weighted by molar-refractivity contribution is 0.535. The highest BCUT2D eigenvalue weighted by Crippen LogP contribution is 2.37. The maximum atomic E-state index is 6.34. The Labute approximate surface area is 177 Å². The van der Waals surface area contributed by atoms with Crippen molar-refractivity contribution in [2.45, 2.75) is 26.7 Å². The van der Waals surface area contributed by atoms with Gasteiger partial charge < -0.3 is 4.42 Å². The number of rotatable bonds is 4. The standard InChI is InChI=1S/C28H25NO/c1-18(2)19(3)21-14-15-29-26(17-21)24-11-7-10-23-25-16-22(20-8-5-4-6-9-20)12-13-27(25)30-28(23)24/h4-19H,1-3H3. The largest absolute Gasteiger partial charge is 0.455 e. The van der Waals surface area contributed by atoms with Gasteiger partial charge in [0.15, 0.2) is 0 Å². The van der Waals surface area contributed by atoms with Gasteiger partial charge in [-0.05, 0) is 58.9 Å². The molecule has 5 aromatic rings. The molecule has 0 fully saturated rings. The van der Waals surface area contributed by atoms with Gasteiger partial charge in [-0.15, -0.1) is 0 Å². The van der Waals surface area contributed by atoms with E-state index >= 15 is 0 Å². The summed E-state index contributed by atoms with van der Waals surface area (Å²) in [5.74, 6) is 1.06. The van der Waals surface area contributed by atoms with Gasteiger partial charge in [-0.25, -0.2) is 0 Å². The van der Waals surface area contributed by atoms with Crippen LogP contribution in [0.5, 0.6) is 0 Å². The SMILES string of the molecule is CC(C)C(C)c1ccnc(-c2cccc3c2oc2ccc(-c4ccccc4)cc23)c1. The Kier molecular flexibility index (Phi) is 4.63. The van der Waals surface area contributed by atoms with E-state index in [0.29, 0.717) is 11.8 Å². The van der Waals surface area contributed by atoms with E-state index in [2.05, 4.69) is 98.6 Å². The summed E-state index contributed by atoms with van der Waals surface area (Å²) < 4.78 is 6.34. The molecule has 0 amide bonds. The third kappa shape index (κ3) is 3.19. The number of furan rings is 1. The van der Waals surface area contributed by atoms with Gasteiger partial charge in [-0.1, -0.05) is 69.3 Å². The molecule has 1 atom stereocenters. The van der Waals surface area contributed by atoms with Crippen molar-refractivity contribution in [3.63, 3.8) is 0 Å². The second kappa shape index (κ2) is 7.46. The highest BCUT2D eigenvalue weighted by atomic mass is 16.3. The average Bonchev–Trinajstić information content (AvgIpc) is 3.17.